The summed E-state index contributed by atoms with van der Waals surface area (Å²) < 4.78 is 16.6. The van der Waals surface area contributed by atoms with Crippen LogP contribution in [0.1, 0.15) is 40.2 Å². The monoisotopic (exact) mass is 402 g/mol. The molecule has 4 rings (SSSR count). The summed E-state index contributed by atoms with van der Waals surface area (Å²) in [6.07, 6.45) is 1.85. The molecule has 7 heteroatoms. The number of aromatic nitrogens is 1. The number of amides is 1. The Bertz CT molecular complexity index is 812. The van der Waals surface area contributed by atoms with E-state index >= 15 is 0 Å². The fourth-order valence-corrected chi connectivity index (χ4v) is 5.06. The molecule has 2 aliphatic heterocycles. The maximum absolute atomic E-state index is 13.3. The van der Waals surface area contributed by atoms with Gasteiger partial charge in [0.2, 0.25) is 0 Å². The van der Waals surface area contributed by atoms with E-state index in [2.05, 4.69) is 5.16 Å². The first kappa shape index (κ1) is 19.5. The Labute approximate surface area is 169 Å². The van der Waals surface area contributed by atoms with E-state index in [0.717, 1.165) is 52.6 Å². The molecule has 0 saturated carbocycles. The van der Waals surface area contributed by atoms with Crippen LogP contribution in [-0.4, -0.2) is 48.6 Å². The summed E-state index contributed by atoms with van der Waals surface area (Å²) in [5.74, 6) is 1.91. The molecule has 2 fully saturated rings. The van der Waals surface area contributed by atoms with E-state index in [0.29, 0.717) is 19.8 Å². The summed E-state index contributed by atoms with van der Waals surface area (Å²) in [6, 6.07) is 7.84. The third kappa shape index (κ3) is 4.11. The maximum Gasteiger partial charge on any atom is 0.255 e. The average molecular weight is 403 g/mol. The molecule has 2 saturated heterocycles. The second-order valence-corrected chi connectivity index (χ2v) is 8.37. The second-order valence-electron chi connectivity index (χ2n) is 7.35. The molecule has 1 aromatic heterocycles. The van der Waals surface area contributed by atoms with Crippen LogP contribution >= 0.6 is 11.8 Å². The topological polar surface area (TPSA) is 64.8 Å². The van der Waals surface area contributed by atoms with Crippen molar-refractivity contribution < 1.29 is 18.8 Å². The molecule has 2 aromatic rings. The number of piperidine rings is 1. The van der Waals surface area contributed by atoms with Gasteiger partial charge in [-0.1, -0.05) is 17.3 Å². The summed E-state index contributed by atoms with van der Waals surface area (Å²) >= 11 is 1.65. The highest BCUT2D eigenvalue weighted by molar-refractivity contribution is 7.98. The predicted molar refractivity (Wildman–Crippen MR) is 106 cm³/mol. The Morgan fingerprint density at radius 1 is 1.25 bits per heavy atom. The van der Waals surface area contributed by atoms with Crippen LogP contribution in [0, 0.1) is 19.8 Å². The molecule has 0 bridgehead atoms. The van der Waals surface area contributed by atoms with Crippen LogP contribution in [-0.2, 0) is 15.2 Å². The van der Waals surface area contributed by atoms with Gasteiger partial charge < -0.3 is 18.9 Å². The number of carbonyl (C=O) groups is 1. The predicted octanol–water partition coefficient (Wildman–Crippen LogP) is 3.81. The van der Waals surface area contributed by atoms with Gasteiger partial charge in [-0.15, -0.1) is 11.8 Å². The van der Waals surface area contributed by atoms with Crippen molar-refractivity contribution in [1.82, 2.24) is 10.1 Å². The Morgan fingerprint density at radius 2 is 2.04 bits per heavy atom. The third-order valence-corrected chi connectivity index (χ3v) is 6.55. The number of thioether (sulfide) groups is 1. The Hall–Kier alpha value is -1.83. The summed E-state index contributed by atoms with van der Waals surface area (Å²) in [4.78, 5) is 16.2. The lowest BCUT2D eigenvalue weighted by atomic mass is 9.96. The lowest BCUT2D eigenvalue weighted by Gasteiger charge is -2.35. The Kier molecular flexibility index (Phi) is 6.04. The molecule has 2 aliphatic rings. The molecule has 0 aliphatic carbocycles. The highest BCUT2D eigenvalue weighted by atomic mass is 32.2. The van der Waals surface area contributed by atoms with E-state index in [9.17, 15) is 4.79 Å². The van der Waals surface area contributed by atoms with Gasteiger partial charge in [0, 0.05) is 35.2 Å². The van der Waals surface area contributed by atoms with Crippen molar-refractivity contribution in [3.8, 4) is 0 Å². The van der Waals surface area contributed by atoms with Crippen LogP contribution in [0.15, 0.2) is 33.7 Å². The molecular weight excluding hydrogens is 376 g/mol. The zero-order chi connectivity index (χ0) is 19.5. The number of hydrogen-bond donors (Lipinski definition) is 0. The van der Waals surface area contributed by atoms with Crippen molar-refractivity contribution in [2.75, 3.05) is 26.3 Å². The molecule has 28 heavy (non-hydrogen) atoms. The third-order valence-electron chi connectivity index (χ3n) is 5.45. The first-order valence-electron chi connectivity index (χ1n) is 9.79. The summed E-state index contributed by atoms with van der Waals surface area (Å²) in [6.45, 7) is 6.64. The van der Waals surface area contributed by atoms with Crippen LogP contribution in [0.5, 0.6) is 0 Å². The Morgan fingerprint density at radius 3 is 2.79 bits per heavy atom. The molecule has 150 valence electrons. The van der Waals surface area contributed by atoms with Gasteiger partial charge in [-0.05, 0) is 38.8 Å². The van der Waals surface area contributed by atoms with E-state index in [1.807, 2.05) is 43.0 Å². The number of aryl methyl sites for hydroxylation is 2. The number of nitrogens with zero attached hydrogens (tertiary/aromatic N) is 2. The van der Waals surface area contributed by atoms with Gasteiger partial charge in [-0.3, -0.25) is 4.79 Å². The highest BCUT2D eigenvalue weighted by Crippen LogP contribution is 2.31. The van der Waals surface area contributed by atoms with E-state index in [1.165, 1.54) is 0 Å². The summed E-state index contributed by atoms with van der Waals surface area (Å²) in [7, 11) is 0. The molecule has 1 unspecified atom stereocenters. The molecule has 1 amide bonds. The van der Waals surface area contributed by atoms with Crippen molar-refractivity contribution in [2.45, 2.75) is 43.6 Å². The van der Waals surface area contributed by atoms with Crippen molar-refractivity contribution >= 4 is 17.7 Å². The van der Waals surface area contributed by atoms with Crippen molar-refractivity contribution in [1.29, 1.82) is 0 Å². The lowest BCUT2D eigenvalue weighted by molar-refractivity contribution is -0.0969. The highest BCUT2D eigenvalue weighted by Gasteiger charge is 2.33. The van der Waals surface area contributed by atoms with Crippen molar-refractivity contribution in [3.63, 3.8) is 0 Å². The maximum atomic E-state index is 13.3. The standard InChI is InChI=1S/C21H26N2O4S/c1-14-18(15(2)27-22-14)13-28-19-8-4-3-7-17(19)20(24)23-9-5-6-16(12-23)21-25-10-11-26-21/h3-4,7-8,16,21H,5-6,9-13H2,1-2H3. The SMILES string of the molecule is Cc1noc(C)c1CSc1ccccc1C(=O)N1CCCC(C2OCCO2)C1. The minimum absolute atomic E-state index is 0.0876. The molecule has 1 atom stereocenters. The van der Waals surface area contributed by atoms with Crippen LogP contribution in [0.25, 0.3) is 0 Å². The molecule has 1 aromatic carbocycles. The van der Waals surface area contributed by atoms with E-state index in [4.69, 9.17) is 14.0 Å². The van der Waals surface area contributed by atoms with Gasteiger partial charge in [0.05, 0.1) is 24.5 Å². The van der Waals surface area contributed by atoms with Gasteiger partial charge in [0.1, 0.15) is 5.76 Å². The van der Waals surface area contributed by atoms with E-state index in [-0.39, 0.29) is 18.1 Å². The fraction of sp³-hybridized carbons (Fsp3) is 0.524. The molecular formula is C21H26N2O4S. The minimum Gasteiger partial charge on any atom is -0.361 e. The lowest BCUT2D eigenvalue weighted by Crippen LogP contribution is -2.44. The van der Waals surface area contributed by atoms with Crippen LogP contribution < -0.4 is 0 Å². The van der Waals surface area contributed by atoms with E-state index in [1.54, 1.807) is 11.8 Å². The van der Waals surface area contributed by atoms with Gasteiger partial charge in [-0.2, -0.15) is 0 Å². The average Bonchev–Trinajstić information content (AvgIpc) is 3.37. The quantitative estimate of drug-likeness (QED) is 0.709. The molecule has 0 N–H and O–H groups in total. The second kappa shape index (κ2) is 8.68. The number of hydrogen-bond acceptors (Lipinski definition) is 6. The largest absolute Gasteiger partial charge is 0.361 e. The normalized spacial score (nSPS) is 20.6. The smallest absolute Gasteiger partial charge is 0.255 e. The molecule has 3 heterocycles. The van der Waals surface area contributed by atoms with E-state index < -0.39 is 0 Å². The molecule has 0 spiro atoms. The number of ether oxygens (including phenoxy) is 2. The van der Waals surface area contributed by atoms with Crippen LogP contribution in [0.3, 0.4) is 0 Å². The van der Waals surface area contributed by atoms with Crippen molar-refractivity contribution in [3.05, 3.63) is 46.8 Å². The number of rotatable bonds is 5. The number of carbonyl (C=O) groups excluding carboxylic acids is 1. The van der Waals surface area contributed by atoms with Gasteiger partial charge in [0.15, 0.2) is 6.29 Å². The summed E-state index contributed by atoms with van der Waals surface area (Å²) in [5, 5.41) is 4.02. The van der Waals surface area contributed by atoms with Crippen LogP contribution in [0.4, 0.5) is 0 Å². The van der Waals surface area contributed by atoms with Crippen molar-refractivity contribution in [2.24, 2.45) is 5.92 Å². The first-order valence-corrected chi connectivity index (χ1v) is 10.8. The van der Waals surface area contributed by atoms with Gasteiger partial charge >= 0.3 is 0 Å². The summed E-state index contributed by atoms with van der Waals surface area (Å²) in [5.41, 5.74) is 2.76. The fourth-order valence-electron chi connectivity index (χ4n) is 3.86. The molecule has 6 nitrogen and oxygen atoms in total. The van der Waals surface area contributed by atoms with Gasteiger partial charge in [-0.25, -0.2) is 0 Å². The van der Waals surface area contributed by atoms with Crippen LogP contribution in [0.2, 0.25) is 0 Å². The zero-order valence-electron chi connectivity index (χ0n) is 16.3. The van der Waals surface area contributed by atoms with Gasteiger partial charge in [0.25, 0.3) is 5.91 Å². The minimum atomic E-state index is -0.167. The molecule has 0 radical (unpaired) electrons. The zero-order valence-corrected chi connectivity index (χ0v) is 17.2. The number of benzene rings is 1. The number of likely N-dealkylation sites (tertiary alicyclic amines) is 1. The first-order chi connectivity index (χ1) is 13.6. The Balaban J connectivity index is 1.47.